The molecule has 0 aliphatic heterocycles. The lowest BCUT2D eigenvalue weighted by molar-refractivity contribution is 0.625. The van der Waals surface area contributed by atoms with Gasteiger partial charge in [0.15, 0.2) is 0 Å². The van der Waals surface area contributed by atoms with Gasteiger partial charge in [-0.1, -0.05) is 32.0 Å². The van der Waals surface area contributed by atoms with Crippen molar-refractivity contribution in [2.45, 2.75) is 59.9 Å². The Hall–Kier alpha value is -2.10. The molecule has 0 aliphatic rings. The number of anilines is 3. The maximum absolute atomic E-state index is 4.63. The lowest BCUT2D eigenvalue weighted by Crippen LogP contribution is -2.27. The molecule has 1 aromatic heterocycles. The molecule has 2 N–H and O–H groups in total. The first kappa shape index (κ1) is 17.3. The summed E-state index contributed by atoms with van der Waals surface area (Å²) in [6.45, 7) is 12.7. The predicted octanol–water partition coefficient (Wildman–Crippen LogP) is 4.86. The van der Waals surface area contributed by atoms with Gasteiger partial charge in [-0.15, -0.1) is 0 Å². The molecule has 23 heavy (non-hydrogen) atoms. The fourth-order valence-electron chi connectivity index (χ4n) is 2.56. The highest BCUT2D eigenvalue weighted by Gasteiger charge is 2.13. The zero-order chi connectivity index (χ0) is 17.0. The van der Waals surface area contributed by atoms with Gasteiger partial charge in [-0.05, 0) is 51.7 Å². The molecule has 0 atom stereocenters. The van der Waals surface area contributed by atoms with Gasteiger partial charge in [0.1, 0.15) is 5.82 Å². The van der Waals surface area contributed by atoms with Crippen LogP contribution in [-0.2, 0) is 12.8 Å². The Balaban J connectivity index is 2.37. The smallest absolute Gasteiger partial charge is 0.225 e. The molecule has 0 saturated carbocycles. The van der Waals surface area contributed by atoms with E-state index in [2.05, 4.69) is 73.4 Å². The van der Waals surface area contributed by atoms with Crippen molar-refractivity contribution >= 4 is 17.5 Å². The minimum atomic E-state index is -0.0685. The zero-order valence-electron chi connectivity index (χ0n) is 15.1. The van der Waals surface area contributed by atoms with Crippen LogP contribution in [0, 0.1) is 6.92 Å². The van der Waals surface area contributed by atoms with Crippen molar-refractivity contribution in [1.29, 1.82) is 0 Å². The van der Waals surface area contributed by atoms with Gasteiger partial charge < -0.3 is 10.6 Å². The second-order valence-electron chi connectivity index (χ2n) is 6.88. The molecule has 0 fully saturated rings. The third-order valence-electron chi connectivity index (χ3n) is 3.59. The van der Waals surface area contributed by atoms with Gasteiger partial charge in [0, 0.05) is 23.0 Å². The molecule has 2 aromatic rings. The quantitative estimate of drug-likeness (QED) is 0.827. The van der Waals surface area contributed by atoms with Crippen molar-refractivity contribution in [3.8, 4) is 0 Å². The Labute approximate surface area is 139 Å². The van der Waals surface area contributed by atoms with Gasteiger partial charge >= 0.3 is 0 Å². The second-order valence-corrected chi connectivity index (χ2v) is 6.88. The van der Waals surface area contributed by atoms with Gasteiger partial charge in [0.05, 0.1) is 0 Å². The van der Waals surface area contributed by atoms with E-state index in [4.69, 9.17) is 0 Å². The zero-order valence-corrected chi connectivity index (χ0v) is 15.1. The number of nitrogens with zero attached hydrogens (tertiary/aromatic N) is 2. The first-order chi connectivity index (χ1) is 10.8. The van der Waals surface area contributed by atoms with E-state index in [-0.39, 0.29) is 5.54 Å². The van der Waals surface area contributed by atoms with E-state index >= 15 is 0 Å². The normalized spacial score (nSPS) is 11.4. The highest BCUT2D eigenvalue weighted by atomic mass is 15.2. The molecule has 0 saturated heterocycles. The number of rotatable bonds is 5. The number of benzene rings is 1. The molecule has 0 aliphatic carbocycles. The van der Waals surface area contributed by atoms with Crippen LogP contribution in [0.15, 0.2) is 24.3 Å². The van der Waals surface area contributed by atoms with Crippen LogP contribution < -0.4 is 10.6 Å². The van der Waals surface area contributed by atoms with Crippen LogP contribution in [0.3, 0.4) is 0 Å². The number of hydrogen-bond donors (Lipinski definition) is 2. The summed E-state index contributed by atoms with van der Waals surface area (Å²) in [7, 11) is 0. The Kier molecular flexibility index (Phi) is 5.24. The van der Waals surface area contributed by atoms with Gasteiger partial charge in [-0.2, -0.15) is 4.98 Å². The Bertz CT molecular complexity index is 649. The SMILES string of the molecule is CCc1cccc(CC)c1Nc1cc(C)nc(NC(C)(C)C)n1. The molecule has 2 rings (SSSR count). The minimum absolute atomic E-state index is 0.0685. The summed E-state index contributed by atoms with van der Waals surface area (Å²) >= 11 is 0. The number of aryl methyl sites for hydroxylation is 3. The van der Waals surface area contributed by atoms with Crippen LogP contribution in [0.4, 0.5) is 17.5 Å². The van der Waals surface area contributed by atoms with Gasteiger partial charge in [0.2, 0.25) is 5.95 Å². The van der Waals surface area contributed by atoms with Crippen LogP contribution in [-0.4, -0.2) is 15.5 Å². The summed E-state index contributed by atoms with van der Waals surface area (Å²) in [4.78, 5) is 9.12. The van der Waals surface area contributed by atoms with Crippen LogP contribution in [0.2, 0.25) is 0 Å². The van der Waals surface area contributed by atoms with Crippen molar-refractivity contribution in [1.82, 2.24) is 9.97 Å². The summed E-state index contributed by atoms with van der Waals surface area (Å²) in [5, 5.41) is 6.86. The monoisotopic (exact) mass is 312 g/mol. The van der Waals surface area contributed by atoms with Crippen LogP contribution in [0.25, 0.3) is 0 Å². The third-order valence-corrected chi connectivity index (χ3v) is 3.59. The van der Waals surface area contributed by atoms with E-state index in [1.165, 1.54) is 16.8 Å². The molecule has 124 valence electrons. The molecule has 0 radical (unpaired) electrons. The van der Waals surface area contributed by atoms with Crippen molar-refractivity contribution in [2.24, 2.45) is 0 Å². The van der Waals surface area contributed by atoms with Gasteiger partial charge in [0.25, 0.3) is 0 Å². The number of nitrogens with one attached hydrogen (secondary N) is 2. The standard InChI is InChI=1S/C19H28N4/c1-7-14-10-9-11-15(8-2)17(14)21-16-12-13(3)20-18(22-16)23-19(4,5)6/h9-12H,7-8H2,1-6H3,(H2,20,21,22,23). The third kappa shape index (κ3) is 4.68. The summed E-state index contributed by atoms with van der Waals surface area (Å²) in [5.74, 6) is 1.49. The first-order valence-corrected chi connectivity index (χ1v) is 8.34. The predicted molar refractivity (Wildman–Crippen MR) is 98.6 cm³/mol. The van der Waals surface area contributed by atoms with Crippen molar-refractivity contribution in [3.05, 3.63) is 41.1 Å². The Morgan fingerprint density at radius 3 is 2.13 bits per heavy atom. The fraction of sp³-hybridized carbons (Fsp3) is 0.474. The van der Waals surface area contributed by atoms with Crippen molar-refractivity contribution < 1.29 is 0 Å². The average Bonchev–Trinajstić information content (AvgIpc) is 2.45. The molecule has 0 unspecified atom stereocenters. The number of para-hydroxylation sites is 1. The largest absolute Gasteiger partial charge is 0.350 e. The summed E-state index contributed by atoms with van der Waals surface area (Å²) < 4.78 is 0. The lowest BCUT2D eigenvalue weighted by atomic mass is 10.0. The fourth-order valence-corrected chi connectivity index (χ4v) is 2.56. The summed E-state index contributed by atoms with van der Waals surface area (Å²) in [5.41, 5.74) is 4.68. The lowest BCUT2D eigenvalue weighted by Gasteiger charge is -2.21. The average molecular weight is 312 g/mol. The number of aromatic nitrogens is 2. The maximum atomic E-state index is 4.63. The van der Waals surface area contributed by atoms with E-state index in [0.717, 1.165) is 24.4 Å². The highest BCUT2D eigenvalue weighted by Crippen LogP contribution is 2.26. The molecule has 0 bridgehead atoms. The highest BCUT2D eigenvalue weighted by molar-refractivity contribution is 5.66. The van der Waals surface area contributed by atoms with E-state index < -0.39 is 0 Å². The van der Waals surface area contributed by atoms with Crippen LogP contribution >= 0.6 is 0 Å². The first-order valence-electron chi connectivity index (χ1n) is 8.34. The second kappa shape index (κ2) is 6.99. The van der Waals surface area contributed by atoms with Crippen LogP contribution in [0.5, 0.6) is 0 Å². The van der Waals surface area contributed by atoms with E-state index in [1.54, 1.807) is 0 Å². The molecule has 4 nitrogen and oxygen atoms in total. The van der Waals surface area contributed by atoms with E-state index in [1.807, 2.05) is 13.0 Å². The molecule has 1 heterocycles. The molecular formula is C19H28N4. The molecule has 0 spiro atoms. The molecular weight excluding hydrogens is 284 g/mol. The summed E-state index contributed by atoms with van der Waals surface area (Å²) in [6, 6.07) is 8.45. The van der Waals surface area contributed by atoms with Gasteiger partial charge in [-0.25, -0.2) is 4.98 Å². The summed E-state index contributed by atoms with van der Waals surface area (Å²) in [6.07, 6.45) is 1.99. The van der Waals surface area contributed by atoms with E-state index in [0.29, 0.717) is 5.95 Å². The number of hydrogen-bond acceptors (Lipinski definition) is 4. The topological polar surface area (TPSA) is 49.8 Å². The van der Waals surface area contributed by atoms with E-state index in [9.17, 15) is 0 Å². The minimum Gasteiger partial charge on any atom is -0.350 e. The Morgan fingerprint density at radius 2 is 1.61 bits per heavy atom. The van der Waals surface area contributed by atoms with Crippen LogP contribution in [0.1, 0.15) is 51.4 Å². The molecule has 1 aromatic carbocycles. The molecule has 4 heteroatoms. The Morgan fingerprint density at radius 1 is 1.00 bits per heavy atom. The van der Waals surface area contributed by atoms with Gasteiger partial charge in [-0.3, -0.25) is 0 Å². The van der Waals surface area contributed by atoms with Crippen molar-refractivity contribution in [2.75, 3.05) is 10.6 Å². The molecule has 0 amide bonds. The van der Waals surface area contributed by atoms with Crippen molar-refractivity contribution in [3.63, 3.8) is 0 Å². The maximum Gasteiger partial charge on any atom is 0.225 e.